The second kappa shape index (κ2) is 5.72. The molecule has 3 heteroatoms. The van der Waals surface area contributed by atoms with E-state index in [2.05, 4.69) is 0 Å². The highest BCUT2D eigenvalue weighted by Gasteiger charge is 2.52. The van der Waals surface area contributed by atoms with E-state index >= 15 is 0 Å². The van der Waals surface area contributed by atoms with E-state index in [1.54, 1.807) is 6.07 Å². The van der Waals surface area contributed by atoms with Crippen molar-refractivity contribution in [2.45, 2.75) is 38.9 Å². The zero-order valence-corrected chi connectivity index (χ0v) is 14.9. The first-order valence-corrected chi connectivity index (χ1v) is 8.41. The molecule has 126 valence electrons. The van der Waals surface area contributed by atoms with Gasteiger partial charge < -0.3 is 9.31 Å². The summed E-state index contributed by atoms with van der Waals surface area (Å²) in [7, 11) is -0.561. The third-order valence-corrected chi connectivity index (χ3v) is 5.23. The Labute approximate surface area is 156 Å². The third kappa shape index (κ3) is 2.68. The largest absolute Gasteiger partial charge is 0.495 e. The van der Waals surface area contributed by atoms with Crippen molar-refractivity contribution in [3.8, 4) is 11.1 Å². The Morgan fingerprint density at radius 1 is 0.800 bits per heavy atom. The quantitative estimate of drug-likeness (QED) is 0.626. The Morgan fingerprint density at radius 2 is 1.40 bits per heavy atom. The summed E-state index contributed by atoms with van der Waals surface area (Å²) in [6, 6.07) is 9.75. The molecule has 1 saturated heterocycles. The fourth-order valence-electron chi connectivity index (χ4n) is 3.11. The standard InChI is InChI=1S/C22H23BO2/c1-21(2)22(3,4)25-23(24-21)20-15-9-13-18-17(12-8-14-19(18)20)16-10-6-5-7-11-16/h5-15H,1-4H3/i5D,6D,7D,10D,11D. The smallest absolute Gasteiger partial charge is 0.399 e. The van der Waals surface area contributed by atoms with Crippen molar-refractivity contribution in [1.29, 1.82) is 0 Å². The maximum Gasteiger partial charge on any atom is 0.495 e. The van der Waals surface area contributed by atoms with Gasteiger partial charge in [-0.3, -0.25) is 0 Å². The van der Waals surface area contributed by atoms with Crippen LogP contribution < -0.4 is 5.46 Å². The SMILES string of the molecule is [2H]c1c([2H])c([2H])c(-c2cccc3c(B4OC(C)(C)C(C)(C)O4)cccc23)c([2H])c1[2H]. The summed E-state index contributed by atoms with van der Waals surface area (Å²) in [6.07, 6.45) is 0. The van der Waals surface area contributed by atoms with Gasteiger partial charge in [0, 0.05) is 0 Å². The second-order valence-corrected chi connectivity index (χ2v) is 7.34. The average molecular weight is 335 g/mol. The van der Waals surface area contributed by atoms with Gasteiger partial charge in [-0.1, -0.05) is 66.6 Å². The molecule has 0 aromatic heterocycles. The molecule has 1 fully saturated rings. The van der Waals surface area contributed by atoms with Crippen LogP contribution >= 0.6 is 0 Å². The average Bonchev–Trinajstić information content (AvgIpc) is 2.91. The van der Waals surface area contributed by atoms with Crippen molar-refractivity contribution < 1.29 is 16.2 Å². The monoisotopic (exact) mass is 335 g/mol. The minimum atomic E-state index is -0.561. The molecule has 1 heterocycles. The molecule has 3 aromatic carbocycles. The summed E-state index contributed by atoms with van der Waals surface area (Å²) >= 11 is 0. The Morgan fingerprint density at radius 3 is 2.08 bits per heavy atom. The molecule has 0 bridgehead atoms. The van der Waals surface area contributed by atoms with Crippen molar-refractivity contribution in [3.63, 3.8) is 0 Å². The Bertz CT molecular complexity index is 1130. The maximum atomic E-state index is 8.35. The fraction of sp³-hybridized carbons (Fsp3) is 0.273. The normalized spacial score (nSPS) is 21.4. The number of rotatable bonds is 2. The van der Waals surface area contributed by atoms with Gasteiger partial charge in [-0.25, -0.2) is 0 Å². The molecule has 0 atom stereocenters. The first-order chi connectivity index (χ1) is 14.0. The highest BCUT2D eigenvalue weighted by Crippen LogP contribution is 2.37. The number of benzene rings is 3. The molecular formula is C22H23BO2. The van der Waals surface area contributed by atoms with Crippen LogP contribution in [0.4, 0.5) is 0 Å². The summed E-state index contributed by atoms with van der Waals surface area (Å²) in [5, 5.41) is 1.64. The molecule has 1 aliphatic rings. The molecule has 1 aliphatic heterocycles. The molecule has 25 heavy (non-hydrogen) atoms. The molecule has 4 rings (SSSR count). The summed E-state index contributed by atoms with van der Waals surface area (Å²) in [5.41, 5.74) is 0.662. The Balaban J connectivity index is 1.95. The predicted molar refractivity (Wildman–Crippen MR) is 105 cm³/mol. The molecule has 0 aliphatic carbocycles. The molecule has 0 radical (unpaired) electrons. The lowest BCUT2D eigenvalue weighted by molar-refractivity contribution is 0.00578. The molecule has 2 nitrogen and oxygen atoms in total. The molecule has 0 amide bonds. The van der Waals surface area contributed by atoms with Gasteiger partial charge in [-0.05, 0) is 55.1 Å². The Kier molecular flexibility index (Phi) is 2.63. The van der Waals surface area contributed by atoms with Crippen LogP contribution in [0.2, 0.25) is 0 Å². The van der Waals surface area contributed by atoms with Crippen LogP contribution in [-0.2, 0) is 9.31 Å². The summed E-state index contributed by atoms with van der Waals surface area (Å²) in [6.45, 7) is 7.99. The highest BCUT2D eigenvalue weighted by molar-refractivity contribution is 6.65. The van der Waals surface area contributed by atoms with Crippen LogP contribution in [0.15, 0.2) is 66.6 Å². The molecule has 0 N–H and O–H groups in total. The fourth-order valence-corrected chi connectivity index (χ4v) is 3.11. The number of hydrogen-bond donors (Lipinski definition) is 0. The summed E-state index contributed by atoms with van der Waals surface area (Å²) < 4.78 is 53.0. The van der Waals surface area contributed by atoms with E-state index in [9.17, 15) is 0 Å². The van der Waals surface area contributed by atoms with E-state index < -0.39 is 24.4 Å². The number of fused-ring (bicyclic) bond motifs is 1. The first kappa shape index (κ1) is 11.5. The van der Waals surface area contributed by atoms with Gasteiger partial charge in [0.25, 0.3) is 0 Å². The molecular weight excluding hydrogens is 307 g/mol. The van der Waals surface area contributed by atoms with E-state index in [4.69, 9.17) is 16.2 Å². The topological polar surface area (TPSA) is 18.5 Å². The highest BCUT2D eigenvalue weighted by atomic mass is 16.7. The van der Waals surface area contributed by atoms with E-state index in [0.29, 0.717) is 5.56 Å². The van der Waals surface area contributed by atoms with Crippen LogP contribution in [0.25, 0.3) is 21.9 Å². The van der Waals surface area contributed by atoms with Crippen LogP contribution in [-0.4, -0.2) is 18.3 Å². The van der Waals surface area contributed by atoms with E-state index in [1.807, 2.05) is 58.0 Å². The lowest BCUT2D eigenvalue weighted by atomic mass is 9.75. The molecule has 0 unspecified atom stereocenters. The third-order valence-electron chi connectivity index (χ3n) is 5.23. The lowest BCUT2D eigenvalue weighted by Crippen LogP contribution is -2.41. The predicted octanol–water partition coefficient (Wildman–Crippen LogP) is 4.81. The van der Waals surface area contributed by atoms with Crippen LogP contribution in [0, 0.1) is 0 Å². The molecule has 0 spiro atoms. The minimum absolute atomic E-state index is 0.192. The van der Waals surface area contributed by atoms with Gasteiger partial charge in [0.2, 0.25) is 0 Å². The van der Waals surface area contributed by atoms with Gasteiger partial charge in [0.05, 0.1) is 18.1 Å². The summed E-state index contributed by atoms with van der Waals surface area (Å²) in [5.74, 6) is 0. The van der Waals surface area contributed by atoms with Gasteiger partial charge in [-0.2, -0.15) is 0 Å². The number of hydrogen-bond acceptors (Lipinski definition) is 2. The van der Waals surface area contributed by atoms with E-state index in [1.165, 1.54) is 0 Å². The van der Waals surface area contributed by atoms with Gasteiger partial charge in [0.15, 0.2) is 0 Å². The van der Waals surface area contributed by atoms with Crippen LogP contribution in [0.5, 0.6) is 0 Å². The zero-order valence-electron chi connectivity index (χ0n) is 19.9. The molecule has 3 aromatic rings. The van der Waals surface area contributed by atoms with Gasteiger partial charge in [-0.15, -0.1) is 0 Å². The van der Waals surface area contributed by atoms with Crippen molar-refractivity contribution in [2.24, 2.45) is 0 Å². The lowest BCUT2D eigenvalue weighted by Gasteiger charge is -2.32. The van der Waals surface area contributed by atoms with Crippen LogP contribution in [0.3, 0.4) is 0 Å². The van der Waals surface area contributed by atoms with Gasteiger partial charge >= 0.3 is 7.12 Å². The summed E-state index contributed by atoms with van der Waals surface area (Å²) in [4.78, 5) is 0. The first-order valence-electron chi connectivity index (χ1n) is 10.9. The zero-order chi connectivity index (χ0) is 22.0. The van der Waals surface area contributed by atoms with Crippen LogP contribution in [0.1, 0.15) is 34.5 Å². The van der Waals surface area contributed by atoms with Crippen molar-refractivity contribution in [3.05, 3.63) is 66.6 Å². The minimum Gasteiger partial charge on any atom is -0.399 e. The van der Waals surface area contributed by atoms with Gasteiger partial charge in [0.1, 0.15) is 0 Å². The van der Waals surface area contributed by atoms with E-state index in [0.717, 1.165) is 16.2 Å². The van der Waals surface area contributed by atoms with Crippen molar-refractivity contribution >= 4 is 23.4 Å². The maximum absolute atomic E-state index is 8.35. The van der Waals surface area contributed by atoms with Crippen molar-refractivity contribution in [1.82, 2.24) is 0 Å². The molecule has 0 saturated carbocycles. The van der Waals surface area contributed by atoms with E-state index in [-0.39, 0.29) is 29.7 Å². The second-order valence-electron chi connectivity index (χ2n) is 7.34. The van der Waals surface area contributed by atoms with Crippen molar-refractivity contribution in [2.75, 3.05) is 0 Å². The Hall–Kier alpha value is -2.10.